The van der Waals surface area contributed by atoms with Crippen molar-refractivity contribution in [2.45, 2.75) is 62.7 Å². The Hall–Kier alpha value is -0.120. The number of rotatable bonds is 1. The monoisotopic (exact) mass is 199 g/mol. The van der Waals surface area contributed by atoms with E-state index in [9.17, 15) is 5.11 Å². The summed E-state index contributed by atoms with van der Waals surface area (Å²) in [4.78, 5) is 0. The molecule has 3 N–H and O–H groups in total. The maximum atomic E-state index is 10.5. The fraction of sp³-hybridized carbons (Fsp3) is 1.00. The van der Waals surface area contributed by atoms with Crippen molar-refractivity contribution in [3.8, 4) is 0 Å². The molecule has 2 rings (SSSR count). The molecule has 1 saturated heterocycles. The first kappa shape index (κ1) is 10.4. The molecule has 0 aromatic carbocycles. The van der Waals surface area contributed by atoms with E-state index >= 15 is 0 Å². The summed E-state index contributed by atoms with van der Waals surface area (Å²) in [7, 11) is 0. The molecule has 3 heteroatoms. The third-order valence-electron chi connectivity index (χ3n) is 3.84. The van der Waals surface area contributed by atoms with E-state index in [-0.39, 0.29) is 5.60 Å². The van der Waals surface area contributed by atoms with Gasteiger partial charge in [-0.2, -0.15) is 0 Å². The van der Waals surface area contributed by atoms with E-state index in [0.29, 0.717) is 13.0 Å². The van der Waals surface area contributed by atoms with Gasteiger partial charge in [-0.05, 0) is 26.7 Å². The highest BCUT2D eigenvalue weighted by Crippen LogP contribution is 2.45. The summed E-state index contributed by atoms with van der Waals surface area (Å²) in [5.41, 5.74) is 4.87. The molecule has 1 unspecified atom stereocenters. The van der Waals surface area contributed by atoms with Gasteiger partial charge in [0.25, 0.3) is 0 Å². The van der Waals surface area contributed by atoms with Crippen LogP contribution in [-0.4, -0.2) is 28.5 Å². The largest absolute Gasteiger partial charge is 0.385 e. The van der Waals surface area contributed by atoms with Crippen molar-refractivity contribution in [2.24, 2.45) is 5.73 Å². The molecule has 1 aliphatic carbocycles. The van der Waals surface area contributed by atoms with Crippen molar-refractivity contribution in [1.82, 2.24) is 0 Å². The average Bonchev–Trinajstić information content (AvgIpc) is 2.59. The van der Waals surface area contributed by atoms with Crippen LogP contribution in [0.15, 0.2) is 0 Å². The highest BCUT2D eigenvalue weighted by Gasteiger charge is 2.55. The van der Waals surface area contributed by atoms with Gasteiger partial charge >= 0.3 is 0 Å². The Kier molecular flexibility index (Phi) is 2.18. The number of ether oxygens (including phenoxy) is 1. The minimum absolute atomic E-state index is 0.219. The molecule has 2 fully saturated rings. The van der Waals surface area contributed by atoms with Crippen LogP contribution in [0.4, 0.5) is 0 Å². The standard InChI is InChI=1S/C11H21NO2/c1-9(2)7-11(13,8-14-9)10(12)5-3-4-6-10/h13H,3-8,12H2,1-2H3. The molecule has 0 radical (unpaired) electrons. The lowest BCUT2D eigenvalue weighted by molar-refractivity contribution is -0.0420. The Morgan fingerprint density at radius 1 is 1.21 bits per heavy atom. The lowest BCUT2D eigenvalue weighted by Crippen LogP contribution is -2.59. The second kappa shape index (κ2) is 2.94. The molecule has 0 aromatic rings. The van der Waals surface area contributed by atoms with E-state index in [1.807, 2.05) is 13.8 Å². The number of hydrogen-bond acceptors (Lipinski definition) is 3. The van der Waals surface area contributed by atoms with Crippen molar-refractivity contribution in [3.05, 3.63) is 0 Å². The van der Waals surface area contributed by atoms with Gasteiger partial charge in [0.15, 0.2) is 0 Å². The summed E-state index contributed by atoms with van der Waals surface area (Å²) in [6.45, 7) is 4.43. The van der Waals surface area contributed by atoms with E-state index in [4.69, 9.17) is 10.5 Å². The first-order valence-electron chi connectivity index (χ1n) is 5.52. The normalized spacial score (nSPS) is 40.3. The van der Waals surface area contributed by atoms with E-state index in [1.54, 1.807) is 0 Å². The highest BCUT2D eigenvalue weighted by molar-refractivity contribution is 5.11. The maximum Gasteiger partial charge on any atom is 0.109 e. The minimum atomic E-state index is -0.799. The number of nitrogens with two attached hydrogens (primary N) is 1. The van der Waals surface area contributed by atoms with Gasteiger partial charge in [0.2, 0.25) is 0 Å². The van der Waals surface area contributed by atoms with E-state index in [0.717, 1.165) is 25.7 Å². The molecule has 1 saturated carbocycles. The van der Waals surface area contributed by atoms with Crippen molar-refractivity contribution in [1.29, 1.82) is 0 Å². The zero-order valence-corrected chi connectivity index (χ0v) is 9.18. The Labute approximate surface area is 85.6 Å². The summed E-state index contributed by atoms with van der Waals surface area (Å²) < 4.78 is 5.60. The Morgan fingerprint density at radius 2 is 1.79 bits per heavy atom. The molecule has 14 heavy (non-hydrogen) atoms. The molecule has 0 aromatic heterocycles. The summed E-state index contributed by atoms with van der Waals surface area (Å²) in [6, 6.07) is 0. The first-order valence-corrected chi connectivity index (χ1v) is 5.52. The zero-order chi connectivity index (χ0) is 10.4. The van der Waals surface area contributed by atoms with Crippen LogP contribution in [-0.2, 0) is 4.74 Å². The van der Waals surface area contributed by atoms with Gasteiger partial charge in [0.1, 0.15) is 5.60 Å². The van der Waals surface area contributed by atoms with E-state index in [1.165, 1.54) is 0 Å². The van der Waals surface area contributed by atoms with Crippen LogP contribution in [0.2, 0.25) is 0 Å². The predicted octanol–water partition coefficient (Wildman–Crippen LogP) is 1.19. The summed E-state index contributed by atoms with van der Waals surface area (Å²) >= 11 is 0. The van der Waals surface area contributed by atoms with Crippen molar-refractivity contribution in [3.63, 3.8) is 0 Å². The average molecular weight is 199 g/mol. The molecular formula is C11H21NO2. The third-order valence-corrected chi connectivity index (χ3v) is 3.84. The summed E-state index contributed by atoms with van der Waals surface area (Å²) in [5.74, 6) is 0. The molecule has 82 valence electrons. The van der Waals surface area contributed by atoms with Gasteiger partial charge < -0.3 is 15.6 Å². The fourth-order valence-electron chi connectivity index (χ4n) is 2.91. The maximum absolute atomic E-state index is 10.5. The Balaban J connectivity index is 2.17. The molecule has 0 spiro atoms. The van der Waals surface area contributed by atoms with Gasteiger partial charge in [0, 0.05) is 12.0 Å². The topological polar surface area (TPSA) is 55.5 Å². The molecule has 0 amide bonds. The minimum Gasteiger partial charge on any atom is -0.385 e. The quantitative estimate of drug-likeness (QED) is 0.667. The molecule has 1 aliphatic heterocycles. The van der Waals surface area contributed by atoms with Crippen LogP contribution in [0.25, 0.3) is 0 Å². The van der Waals surface area contributed by atoms with Crippen LogP contribution in [0.1, 0.15) is 46.0 Å². The van der Waals surface area contributed by atoms with Crippen LogP contribution < -0.4 is 5.73 Å². The third kappa shape index (κ3) is 1.47. The second-order valence-electron chi connectivity index (χ2n) is 5.62. The van der Waals surface area contributed by atoms with Gasteiger partial charge in [-0.25, -0.2) is 0 Å². The zero-order valence-electron chi connectivity index (χ0n) is 9.18. The smallest absolute Gasteiger partial charge is 0.109 e. The van der Waals surface area contributed by atoms with Crippen molar-refractivity contribution in [2.75, 3.05) is 6.61 Å². The van der Waals surface area contributed by atoms with Gasteiger partial charge in [-0.3, -0.25) is 0 Å². The summed E-state index contributed by atoms with van der Waals surface area (Å²) in [6.07, 6.45) is 4.81. The lowest BCUT2D eigenvalue weighted by Gasteiger charge is -2.39. The van der Waals surface area contributed by atoms with Crippen LogP contribution in [0.5, 0.6) is 0 Å². The second-order valence-corrected chi connectivity index (χ2v) is 5.62. The number of aliphatic hydroxyl groups is 1. The molecule has 0 bridgehead atoms. The Bertz CT molecular complexity index is 233. The van der Waals surface area contributed by atoms with Crippen LogP contribution in [0, 0.1) is 0 Å². The molecular weight excluding hydrogens is 178 g/mol. The van der Waals surface area contributed by atoms with Crippen LogP contribution >= 0.6 is 0 Å². The molecule has 2 aliphatic rings. The van der Waals surface area contributed by atoms with E-state index < -0.39 is 11.1 Å². The lowest BCUT2D eigenvalue weighted by atomic mass is 9.75. The van der Waals surface area contributed by atoms with Crippen LogP contribution in [0.3, 0.4) is 0 Å². The predicted molar refractivity (Wildman–Crippen MR) is 55.0 cm³/mol. The molecule has 3 nitrogen and oxygen atoms in total. The van der Waals surface area contributed by atoms with Gasteiger partial charge in [0.05, 0.1) is 12.2 Å². The molecule has 1 heterocycles. The number of hydrogen-bond donors (Lipinski definition) is 2. The highest BCUT2D eigenvalue weighted by atomic mass is 16.5. The first-order chi connectivity index (χ1) is 6.37. The fourth-order valence-corrected chi connectivity index (χ4v) is 2.91. The van der Waals surface area contributed by atoms with Gasteiger partial charge in [-0.1, -0.05) is 12.8 Å². The van der Waals surface area contributed by atoms with Crippen molar-refractivity contribution >= 4 is 0 Å². The van der Waals surface area contributed by atoms with E-state index in [2.05, 4.69) is 0 Å². The summed E-state index contributed by atoms with van der Waals surface area (Å²) in [5, 5.41) is 10.5. The van der Waals surface area contributed by atoms with Gasteiger partial charge in [-0.15, -0.1) is 0 Å². The SMILES string of the molecule is CC1(C)CC(O)(C2(N)CCCC2)CO1. The Morgan fingerprint density at radius 3 is 2.21 bits per heavy atom. The van der Waals surface area contributed by atoms with Crippen molar-refractivity contribution < 1.29 is 9.84 Å². The molecule has 1 atom stereocenters.